The highest BCUT2D eigenvalue weighted by Crippen LogP contribution is 2.21. The number of amides is 1. The first kappa shape index (κ1) is 18.4. The Balaban J connectivity index is 1.61. The van der Waals surface area contributed by atoms with E-state index in [1.54, 1.807) is 23.0 Å². The van der Waals surface area contributed by atoms with Crippen molar-refractivity contribution in [1.82, 2.24) is 24.6 Å². The molecule has 0 spiro atoms. The molecule has 2 aromatic heterocycles. The summed E-state index contributed by atoms with van der Waals surface area (Å²) in [5.41, 5.74) is 1.18. The molecule has 1 aliphatic rings. The van der Waals surface area contributed by atoms with Gasteiger partial charge in [0.05, 0.1) is 11.9 Å². The van der Waals surface area contributed by atoms with Crippen molar-refractivity contribution in [2.75, 3.05) is 19.6 Å². The number of aromatic nitrogens is 3. The minimum Gasteiger partial charge on any atom is -0.350 e. The Morgan fingerprint density at radius 2 is 2.00 bits per heavy atom. The van der Waals surface area contributed by atoms with Crippen LogP contribution in [0.25, 0.3) is 11.5 Å². The quantitative estimate of drug-likeness (QED) is 0.714. The lowest BCUT2D eigenvalue weighted by Gasteiger charge is -2.22. The summed E-state index contributed by atoms with van der Waals surface area (Å²) in [6.45, 7) is 4.86. The summed E-state index contributed by atoms with van der Waals surface area (Å²) >= 11 is 0. The van der Waals surface area contributed by atoms with E-state index >= 15 is 0 Å². The molecule has 0 radical (unpaired) electrons. The third kappa shape index (κ3) is 3.57. The van der Waals surface area contributed by atoms with Gasteiger partial charge in [-0.25, -0.2) is 9.07 Å². The fourth-order valence-corrected chi connectivity index (χ4v) is 3.85. The molecule has 1 amide bonds. The minimum atomic E-state index is -0.312. The molecule has 1 saturated heterocycles. The maximum absolute atomic E-state index is 13.3. The van der Waals surface area contributed by atoms with Crippen LogP contribution in [0.15, 0.2) is 55.0 Å². The monoisotopic (exact) mass is 381 g/mol. The molecule has 0 bridgehead atoms. The van der Waals surface area contributed by atoms with Crippen LogP contribution >= 0.6 is 0 Å². The molecule has 1 N–H and O–H groups in total. The van der Waals surface area contributed by atoms with Crippen LogP contribution in [-0.2, 0) is 0 Å². The SMILES string of the molecule is CCN1CCCC1CNC(=O)c1cnn(-c2ccc(F)cc2)c1-n1cccc1. The first-order valence-corrected chi connectivity index (χ1v) is 9.67. The molecule has 1 atom stereocenters. The second-order valence-electron chi connectivity index (χ2n) is 7.00. The van der Waals surface area contributed by atoms with Gasteiger partial charge in [-0.05, 0) is 62.3 Å². The lowest BCUT2D eigenvalue weighted by atomic mass is 10.2. The summed E-state index contributed by atoms with van der Waals surface area (Å²) in [5, 5.41) is 7.48. The van der Waals surface area contributed by atoms with Crippen molar-refractivity contribution >= 4 is 5.91 Å². The maximum atomic E-state index is 13.3. The van der Waals surface area contributed by atoms with Crippen molar-refractivity contribution < 1.29 is 9.18 Å². The topological polar surface area (TPSA) is 55.1 Å². The van der Waals surface area contributed by atoms with Crippen LogP contribution in [0.3, 0.4) is 0 Å². The zero-order valence-electron chi connectivity index (χ0n) is 15.9. The molecule has 1 aromatic carbocycles. The van der Waals surface area contributed by atoms with E-state index in [0.717, 1.165) is 19.5 Å². The Morgan fingerprint density at radius 1 is 1.25 bits per heavy atom. The van der Waals surface area contributed by atoms with Gasteiger partial charge in [0, 0.05) is 25.0 Å². The van der Waals surface area contributed by atoms with Crippen molar-refractivity contribution in [3.8, 4) is 11.5 Å². The van der Waals surface area contributed by atoms with E-state index in [1.807, 2.05) is 29.1 Å². The number of hydrogen-bond donors (Lipinski definition) is 1. The van der Waals surface area contributed by atoms with Gasteiger partial charge >= 0.3 is 0 Å². The van der Waals surface area contributed by atoms with Gasteiger partial charge in [-0.15, -0.1) is 0 Å². The van der Waals surface area contributed by atoms with E-state index in [-0.39, 0.29) is 11.7 Å². The first-order chi connectivity index (χ1) is 13.7. The zero-order chi connectivity index (χ0) is 19.5. The molecular formula is C21H24FN5O. The molecule has 28 heavy (non-hydrogen) atoms. The number of benzene rings is 1. The number of nitrogens with one attached hydrogen (secondary N) is 1. The van der Waals surface area contributed by atoms with Gasteiger partial charge < -0.3 is 9.88 Å². The molecule has 1 aliphatic heterocycles. The van der Waals surface area contributed by atoms with E-state index in [2.05, 4.69) is 22.2 Å². The van der Waals surface area contributed by atoms with Crippen molar-refractivity contribution in [1.29, 1.82) is 0 Å². The second-order valence-corrected chi connectivity index (χ2v) is 7.00. The van der Waals surface area contributed by atoms with Crippen LogP contribution < -0.4 is 5.32 Å². The van der Waals surface area contributed by atoms with Gasteiger partial charge in [-0.3, -0.25) is 9.69 Å². The van der Waals surface area contributed by atoms with Crippen LogP contribution in [0, 0.1) is 5.82 Å². The van der Waals surface area contributed by atoms with E-state index in [0.29, 0.717) is 29.7 Å². The molecule has 1 unspecified atom stereocenters. The molecule has 0 aliphatic carbocycles. The first-order valence-electron chi connectivity index (χ1n) is 9.67. The Kier molecular flexibility index (Phi) is 5.25. The summed E-state index contributed by atoms with van der Waals surface area (Å²) in [6, 6.07) is 10.2. The van der Waals surface area contributed by atoms with Gasteiger partial charge in [0.25, 0.3) is 5.91 Å². The van der Waals surface area contributed by atoms with Gasteiger partial charge in [0.15, 0.2) is 5.82 Å². The number of nitrogens with zero attached hydrogens (tertiary/aromatic N) is 4. The molecule has 3 aromatic rings. The fraction of sp³-hybridized carbons (Fsp3) is 0.333. The van der Waals surface area contributed by atoms with Crippen LogP contribution in [0.5, 0.6) is 0 Å². The minimum absolute atomic E-state index is 0.153. The number of hydrogen-bond acceptors (Lipinski definition) is 3. The number of carbonyl (C=O) groups excluding carboxylic acids is 1. The maximum Gasteiger partial charge on any atom is 0.256 e. The summed E-state index contributed by atoms with van der Waals surface area (Å²) < 4.78 is 16.8. The second kappa shape index (κ2) is 7.98. The third-order valence-corrected chi connectivity index (χ3v) is 5.31. The average Bonchev–Trinajstić information content (AvgIpc) is 3.46. The Bertz CT molecular complexity index is 932. The van der Waals surface area contributed by atoms with E-state index < -0.39 is 0 Å². The smallest absolute Gasteiger partial charge is 0.256 e. The van der Waals surface area contributed by atoms with Crippen molar-refractivity contribution in [2.45, 2.75) is 25.8 Å². The van der Waals surface area contributed by atoms with Crippen molar-refractivity contribution in [3.05, 3.63) is 66.4 Å². The molecule has 4 rings (SSSR count). The predicted octanol–water partition coefficient (Wildman–Crippen LogP) is 3.02. The number of rotatable bonds is 6. The Hall–Kier alpha value is -2.93. The highest BCUT2D eigenvalue weighted by Gasteiger charge is 2.25. The molecule has 1 fully saturated rings. The van der Waals surface area contributed by atoms with E-state index in [9.17, 15) is 9.18 Å². The predicted molar refractivity (Wildman–Crippen MR) is 105 cm³/mol. The molecular weight excluding hydrogens is 357 g/mol. The van der Waals surface area contributed by atoms with Gasteiger partial charge in [0.1, 0.15) is 11.4 Å². The normalized spacial score (nSPS) is 17.1. The molecule has 146 valence electrons. The van der Waals surface area contributed by atoms with E-state index in [1.165, 1.54) is 18.6 Å². The lowest BCUT2D eigenvalue weighted by Crippen LogP contribution is -2.40. The van der Waals surface area contributed by atoms with Crippen LogP contribution in [0.2, 0.25) is 0 Å². The highest BCUT2D eigenvalue weighted by molar-refractivity contribution is 5.97. The third-order valence-electron chi connectivity index (χ3n) is 5.31. The van der Waals surface area contributed by atoms with Crippen LogP contribution in [-0.4, -0.2) is 50.8 Å². The number of carbonyl (C=O) groups is 1. The number of likely N-dealkylation sites (N-methyl/N-ethyl adjacent to an activating group) is 1. The van der Waals surface area contributed by atoms with Crippen molar-refractivity contribution in [2.24, 2.45) is 0 Å². The Labute approximate surface area is 163 Å². The zero-order valence-corrected chi connectivity index (χ0v) is 15.9. The standard InChI is InChI=1S/C21H24FN5O/c1-2-25-13-5-6-18(25)14-23-20(28)19-15-24-27(17-9-7-16(22)8-10-17)21(19)26-11-3-4-12-26/h3-4,7-12,15,18H,2,5-6,13-14H2,1H3,(H,23,28). The average molecular weight is 381 g/mol. The van der Waals surface area contributed by atoms with Crippen LogP contribution in [0.1, 0.15) is 30.1 Å². The van der Waals surface area contributed by atoms with E-state index in [4.69, 9.17) is 0 Å². The Morgan fingerprint density at radius 3 is 2.71 bits per heavy atom. The van der Waals surface area contributed by atoms with Gasteiger partial charge in [-0.2, -0.15) is 5.10 Å². The molecule has 0 saturated carbocycles. The largest absolute Gasteiger partial charge is 0.350 e. The molecule has 3 heterocycles. The summed E-state index contributed by atoms with van der Waals surface area (Å²) in [7, 11) is 0. The van der Waals surface area contributed by atoms with Gasteiger partial charge in [-0.1, -0.05) is 6.92 Å². The fourth-order valence-electron chi connectivity index (χ4n) is 3.85. The molecule has 6 nitrogen and oxygen atoms in total. The summed E-state index contributed by atoms with van der Waals surface area (Å²) in [6.07, 6.45) is 7.58. The van der Waals surface area contributed by atoms with Crippen molar-refractivity contribution in [3.63, 3.8) is 0 Å². The summed E-state index contributed by atoms with van der Waals surface area (Å²) in [5.74, 6) is 0.168. The lowest BCUT2D eigenvalue weighted by molar-refractivity contribution is 0.0941. The number of halogens is 1. The summed E-state index contributed by atoms with van der Waals surface area (Å²) in [4.78, 5) is 15.4. The van der Waals surface area contributed by atoms with Gasteiger partial charge in [0.2, 0.25) is 0 Å². The molecule has 7 heteroatoms. The van der Waals surface area contributed by atoms with Crippen LogP contribution in [0.4, 0.5) is 4.39 Å². The number of likely N-dealkylation sites (tertiary alicyclic amines) is 1. The highest BCUT2D eigenvalue weighted by atomic mass is 19.1.